The van der Waals surface area contributed by atoms with Crippen LogP contribution in [0.2, 0.25) is 0 Å². The number of carbonyl (C=O) groups excluding carboxylic acids is 2. The van der Waals surface area contributed by atoms with Gasteiger partial charge in [-0.2, -0.15) is 0 Å². The third kappa shape index (κ3) is 4.00. The molecule has 0 saturated heterocycles. The monoisotopic (exact) mass is 358 g/mol. The number of hydrogen-bond donors (Lipinski definition) is 1. The van der Waals surface area contributed by atoms with Crippen LogP contribution < -0.4 is 5.32 Å². The summed E-state index contributed by atoms with van der Waals surface area (Å²) in [6.07, 6.45) is -0.203. The molecular formula is C18H15FN2O3S. The summed E-state index contributed by atoms with van der Waals surface area (Å²) in [4.78, 5) is 28.4. The second-order valence-corrected chi connectivity index (χ2v) is 6.65. The highest BCUT2D eigenvalue weighted by Crippen LogP contribution is 2.27. The minimum Gasteiger partial charge on any atom is -0.459 e. The van der Waals surface area contributed by atoms with E-state index in [4.69, 9.17) is 4.74 Å². The van der Waals surface area contributed by atoms with Crippen LogP contribution in [0.3, 0.4) is 0 Å². The molecule has 1 aromatic heterocycles. The van der Waals surface area contributed by atoms with Crippen molar-refractivity contribution in [3.05, 3.63) is 59.4 Å². The molecule has 5 nitrogen and oxygen atoms in total. The van der Waals surface area contributed by atoms with E-state index in [1.54, 1.807) is 32.0 Å². The molecule has 2 aromatic carbocycles. The predicted molar refractivity (Wildman–Crippen MR) is 94.5 cm³/mol. The zero-order valence-electron chi connectivity index (χ0n) is 13.6. The third-order valence-electron chi connectivity index (χ3n) is 3.27. The summed E-state index contributed by atoms with van der Waals surface area (Å²) >= 11 is 1.23. The van der Waals surface area contributed by atoms with Crippen LogP contribution in [0.4, 0.5) is 9.52 Å². The maximum Gasteiger partial charge on any atom is 0.338 e. The summed E-state index contributed by atoms with van der Waals surface area (Å²) < 4.78 is 19.1. The Labute approximate surface area is 147 Å². The van der Waals surface area contributed by atoms with Gasteiger partial charge in [-0.3, -0.25) is 10.1 Å². The van der Waals surface area contributed by atoms with E-state index in [1.165, 1.54) is 29.5 Å². The largest absolute Gasteiger partial charge is 0.459 e. The molecule has 0 aliphatic heterocycles. The standard InChI is InChI=1S/C18H15FN2O3S/c1-10(2)24-17(23)12-6-7-14-15(9-12)25-18(20-14)21-16(22)11-4-3-5-13(19)8-11/h3-10H,1-2H3,(H,20,21,22). The van der Waals surface area contributed by atoms with Gasteiger partial charge in [-0.25, -0.2) is 14.2 Å². The van der Waals surface area contributed by atoms with Gasteiger partial charge in [-0.05, 0) is 50.2 Å². The Hall–Kier alpha value is -2.80. The summed E-state index contributed by atoms with van der Waals surface area (Å²) in [5.74, 6) is -1.33. The number of rotatable bonds is 4. The first-order chi connectivity index (χ1) is 11.9. The van der Waals surface area contributed by atoms with E-state index in [0.717, 1.165) is 10.8 Å². The van der Waals surface area contributed by atoms with E-state index >= 15 is 0 Å². The van der Waals surface area contributed by atoms with Crippen LogP contribution in [-0.4, -0.2) is 23.0 Å². The fourth-order valence-corrected chi connectivity index (χ4v) is 3.09. The summed E-state index contributed by atoms with van der Waals surface area (Å²) in [6.45, 7) is 3.56. The van der Waals surface area contributed by atoms with Crippen LogP contribution in [-0.2, 0) is 4.74 Å². The molecular weight excluding hydrogens is 343 g/mol. The van der Waals surface area contributed by atoms with E-state index in [-0.39, 0.29) is 11.7 Å². The molecule has 0 bridgehead atoms. The lowest BCUT2D eigenvalue weighted by molar-refractivity contribution is 0.0378. The first-order valence-corrected chi connectivity index (χ1v) is 8.42. The molecule has 1 amide bonds. The van der Waals surface area contributed by atoms with E-state index in [0.29, 0.717) is 16.2 Å². The van der Waals surface area contributed by atoms with Crippen molar-refractivity contribution in [3.63, 3.8) is 0 Å². The van der Waals surface area contributed by atoms with Gasteiger partial charge in [0.1, 0.15) is 5.82 Å². The molecule has 128 valence electrons. The molecule has 1 N–H and O–H groups in total. The predicted octanol–water partition coefficient (Wildman–Crippen LogP) is 4.25. The number of aromatic nitrogens is 1. The van der Waals surface area contributed by atoms with Gasteiger partial charge < -0.3 is 4.74 Å². The van der Waals surface area contributed by atoms with Gasteiger partial charge in [0.25, 0.3) is 5.91 Å². The van der Waals surface area contributed by atoms with Crippen molar-refractivity contribution in [1.82, 2.24) is 4.98 Å². The third-order valence-corrected chi connectivity index (χ3v) is 4.21. The summed E-state index contributed by atoms with van der Waals surface area (Å²) in [7, 11) is 0. The fourth-order valence-electron chi connectivity index (χ4n) is 2.19. The van der Waals surface area contributed by atoms with Crippen molar-refractivity contribution in [2.24, 2.45) is 0 Å². The van der Waals surface area contributed by atoms with E-state index in [9.17, 15) is 14.0 Å². The van der Waals surface area contributed by atoms with Crippen LogP contribution in [0.25, 0.3) is 10.2 Å². The average molecular weight is 358 g/mol. The highest BCUT2D eigenvalue weighted by atomic mass is 32.1. The first kappa shape index (κ1) is 17.0. The van der Waals surface area contributed by atoms with Gasteiger partial charge in [0.15, 0.2) is 5.13 Å². The van der Waals surface area contributed by atoms with Crippen molar-refractivity contribution in [3.8, 4) is 0 Å². The van der Waals surface area contributed by atoms with Gasteiger partial charge in [0, 0.05) is 5.56 Å². The number of hydrogen-bond acceptors (Lipinski definition) is 5. The Morgan fingerprint density at radius 2 is 1.96 bits per heavy atom. The zero-order chi connectivity index (χ0) is 18.0. The zero-order valence-corrected chi connectivity index (χ0v) is 14.4. The van der Waals surface area contributed by atoms with Crippen LogP contribution in [0.15, 0.2) is 42.5 Å². The van der Waals surface area contributed by atoms with Crippen molar-refractivity contribution in [2.45, 2.75) is 20.0 Å². The molecule has 0 saturated carbocycles. The van der Waals surface area contributed by atoms with E-state index < -0.39 is 17.7 Å². The van der Waals surface area contributed by atoms with Crippen LogP contribution in [0.1, 0.15) is 34.6 Å². The Morgan fingerprint density at radius 3 is 2.68 bits per heavy atom. The average Bonchev–Trinajstić information content (AvgIpc) is 2.95. The second kappa shape index (κ2) is 6.98. The van der Waals surface area contributed by atoms with Gasteiger partial charge in [0.2, 0.25) is 0 Å². The lowest BCUT2D eigenvalue weighted by atomic mass is 10.2. The highest BCUT2D eigenvalue weighted by Gasteiger charge is 2.14. The second-order valence-electron chi connectivity index (χ2n) is 5.62. The molecule has 0 spiro atoms. The highest BCUT2D eigenvalue weighted by molar-refractivity contribution is 7.22. The number of thiazole rings is 1. The van der Waals surface area contributed by atoms with Crippen LogP contribution >= 0.6 is 11.3 Å². The Balaban J connectivity index is 1.81. The number of amides is 1. The van der Waals surface area contributed by atoms with E-state index in [2.05, 4.69) is 10.3 Å². The molecule has 0 aliphatic rings. The van der Waals surface area contributed by atoms with Crippen LogP contribution in [0, 0.1) is 5.82 Å². The van der Waals surface area contributed by atoms with Crippen LogP contribution in [0.5, 0.6) is 0 Å². The van der Waals surface area contributed by atoms with E-state index in [1.807, 2.05) is 0 Å². The van der Waals surface area contributed by atoms with Gasteiger partial charge in [-0.15, -0.1) is 0 Å². The SMILES string of the molecule is CC(C)OC(=O)c1ccc2nc(NC(=O)c3cccc(F)c3)sc2c1. The number of nitrogens with one attached hydrogen (secondary N) is 1. The summed E-state index contributed by atoms with van der Waals surface area (Å²) in [5.41, 5.74) is 1.29. The number of anilines is 1. The molecule has 3 aromatic rings. The molecule has 0 fully saturated rings. The minimum atomic E-state index is -0.481. The molecule has 0 radical (unpaired) electrons. The number of benzene rings is 2. The Kier molecular flexibility index (Phi) is 4.76. The summed E-state index contributed by atoms with van der Waals surface area (Å²) in [5, 5.41) is 3.02. The normalized spacial score (nSPS) is 10.9. The number of carbonyl (C=O) groups is 2. The number of nitrogens with zero attached hydrogens (tertiary/aromatic N) is 1. The van der Waals surface area contributed by atoms with Crippen molar-refractivity contribution in [1.29, 1.82) is 0 Å². The number of halogens is 1. The maximum atomic E-state index is 13.2. The topological polar surface area (TPSA) is 68.3 Å². The Bertz CT molecular complexity index is 952. The molecule has 7 heteroatoms. The fraction of sp³-hybridized carbons (Fsp3) is 0.167. The molecule has 25 heavy (non-hydrogen) atoms. The number of esters is 1. The maximum absolute atomic E-state index is 13.2. The molecule has 1 heterocycles. The first-order valence-electron chi connectivity index (χ1n) is 7.61. The molecule has 0 atom stereocenters. The minimum absolute atomic E-state index is 0.203. The molecule has 3 rings (SSSR count). The molecule has 0 aliphatic carbocycles. The van der Waals surface area contributed by atoms with Crippen molar-refractivity contribution in [2.75, 3.05) is 5.32 Å². The lowest BCUT2D eigenvalue weighted by Crippen LogP contribution is -2.11. The van der Waals surface area contributed by atoms with Gasteiger partial charge in [-0.1, -0.05) is 17.4 Å². The quantitative estimate of drug-likeness (QED) is 0.708. The summed E-state index contributed by atoms with van der Waals surface area (Å²) in [6, 6.07) is 10.4. The van der Waals surface area contributed by atoms with Crippen molar-refractivity contribution < 1.29 is 18.7 Å². The number of ether oxygens (including phenoxy) is 1. The smallest absolute Gasteiger partial charge is 0.338 e. The van der Waals surface area contributed by atoms with Crippen molar-refractivity contribution >= 4 is 38.6 Å². The lowest BCUT2D eigenvalue weighted by Gasteiger charge is -2.07. The Morgan fingerprint density at radius 1 is 1.16 bits per heavy atom. The number of fused-ring (bicyclic) bond motifs is 1. The van der Waals surface area contributed by atoms with Gasteiger partial charge >= 0.3 is 5.97 Å². The van der Waals surface area contributed by atoms with Gasteiger partial charge in [0.05, 0.1) is 21.9 Å². The molecule has 0 unspecified atom stereocenters.